The van der Waals surface area contributed by atoms with E-state index >= 15 is 0 Å². The number of rotatable bonds is 11. The fourth-order valence-corrected chi connectivity index (χ4v) is 7.48. The third-order valence-electron chi connectivity index (χ3n) is 9.44. The van der Waals surface area contributed by atoms with E-state index in [1.165, 1.54) is 4.90 Å². The van der Waals surface area contributed by atoms with Crippen molar-refractivity contribution in [3.05, 3.63) is 59.7 Å². The summed E-state index contributed by atoms with van der Waals surface area (Å²) in [6.45, 7) is 13.0. The molecule has 0 spiro atoms. The average molecular weight is 711 g/mol. The average Bonchev–Trinajstić information content (AvgIpc) is 3.64. The van der Waals surface area contributed by atoms with E-state index in [1.54, 1.807) is 34.6 Å². The van der Waals surface area contributed by atoms with Crippen molar-refractivity contribution < 1.29 is 52.6 Å². The zero-order chi connectivity index (χ0) is 36.8. The molecule has 3 aliphatic heterocycles. The van der Waals surface area contributed by atoms with Gasteiger partial charge in [-0.25, -0.2) is 14.4 Å². The SMILES string of the molecule is CC(C)(C)OC(=O)N(CCCC[C@H](NC(=O)OCC1c2ccccc2-c2ccccc21)C(=O)O)C[C@@]12OC[C@H]3OC(C)(C)O[C@H]3[C@@H]1OC(C)(C)O2. The first-order valence-corrected chi connectivity index (χ1v) is 17.7. The van der Waals surface area contributed by atoms with Crippen LogP contribution in [0.15, 0.2) is 48.5 Å². The summed E-state index contributed by atoms with van der Waals surface area (Å²) < 4.78 is 42.6. The van der Waals surface area contributed by atoms with Gasteiger partial charge in [0.2, 0.25) is 5.79 Å². The van der Waals surface area contributed by atoms with Crippen LogP contribution in [0.5, 0.6) is 0 Å². The first-order valence-electron chi connectivity index (χ1n) is 17.7. The number of fused-ring (bicyclic) bond motifs is 6. The van der Waals surface area contributed by atoms with Gasteiger partial charge in [-0.3, -0.25) is 0 Å². The second-order valence-corrected chi connectivity index (χ2v) is 15.6. The number of ether oxygens (including phenoxy) is 7. The minimum absolute atomic E-state index is 0.0244. The molecule has 3 heterocycles. The number of nitrogens with one attached hydrogen (secondary N) is 1. The number of amides is 2. The minimum atomic E-state index is -1.36. The summed E-state index contributed by atoms with van der Waals surface area (Å²) in [6, 6.07) is 14.8. The van der Waals surface area contributed by atoms with Crippen LogP contribution < -0.4 is 5.32 Å². The quantitative estimate of drug-likeness (QED) is 0.273. The molecular weight excluding hydrogens is 660 g/mol. The lowest BCUT2D eigenvalue weighted by atomic mass is 9.96. The first-order chi connectivity index (χ1) is 24.0. The number of unbranched alkanes of at least 4 members (excludes halogenated alkanes) is 1. The lowest BCUT2D eigenvalue weighted by Gasteiger charge is -2.43. The molecule has 2 N–H and O–H groups in total. The van der Waals surface area contributed by atoms with Crippen molar-refractivity contribution in [1.82, 2.24) is 10.2 Å². The summed E-state index contributed by atoms with van der Waals surface area (Å²) in [6.07, 6.45) is -2.06. The van der Waals surface area contributed by atoms with Gasteiger partial charge in [-0.1, -0.05) is 48.5 Å². The molecule has 3 fully saturated rings. The maximum atomic E-state index is 13.6. The van der Waals surface area contributed by atoms with Crippen LogP contribution in [0.1, 0.15) is 84.8 Å². The normalized spacial score (nSPS) is 26.3. The van der Waals surface area contributed by atoms with Crippen LogP contribution in [0.25, 0.3) is 11.1 Å². The summed E-state index contributed by atoms with van der Waals surface area (Å²) in [4.78, 5) is 40.1. The van der Waals surface area contributed by atoms with E-state index < -0.39 is 59.4 Å². The van der Waals surface area contributed by atoms with Crippen molar-refractivity contribution >= 4 is 18.2 Å². The van der Waals surface area contributed by atoms with Gasteiger partial charge in [-0.05, 0) is 90.0 Å². The molecule has 5 atom stereocenters. The van der Waals surface area contributed by atoms with Crippen LogP contribution in [0.4, 0.5) is 9.59 Å². The monoisotopic (exact) mass is 710 g/mol. The van der Waals surface area contributed by atoms with Crippen LogP contribution in [0, 0.1) is 0 Å². The van der Waals surface area contributed by atoms with Crippen molar-refractivity contribution in [2.75, 3.05) is 26.3 Å². The predicted octanol–water partition coefficient (Wildman–Crippen LogP) is 5.78. The molecule has 2 aromatic rings. The molecule has 13 nitrogen and oxygen atoms in total. The van der Waals surface area contributed by atoms with Gasteiger partial charge in [0.15, 0.2) is 11.6 Å². The van der Waals surface area contributed by atoms with Gasteiger partial charge in [-0.2, -0.15) is 0 Å². The van der Waals surface area contributed by atoms with Crippen molar-refractivity contribution in [3.63, 3.8) is 0 Å². The van der Waals surface area contributed by atoms with E-state index in [0.29, 0.717) is 12.8 Å². The molecule has 0 radical (unpaired) electrons. The third kappa shape index (κ3) is 8.18. The van der Waals surface area contributed by atoms with Gasteiger partial charge < -0.3 is 48.5 Å². The molecule has 0 bridgehead atoms. The van der Waals surface area contributed by atoms with Crippen LogP contribution in [-0.4, -0.2) is 102 Å². The lowest BCUT2D eigenvalue weighted by Crippen LogP contribution is -2.63. The second kappa shape index (κ2) is 14.0. The maximum absolute atomic E-state index is 13.6. The number of hydrogen-bond donors (Lipinski definition) is 2. The Hall–Kier alpha value is -3.75. The van der Waals surface area contributed by atoms with Crippen LogP contribution >= 0.6 is 0 Å². The number of carboxylic acids is 1. The molecule has 3 saturated heterocycles. The number of carboxylic acid groups (broad SMARTS) is 1. The van der Waals surface area contributed by atoms with E-state index in [1.807, 2.05) is 62.4 Å². The van der Waals surface area contributed by atoms with Gasteiger partial charge in [0.25, 0.3) is 0 Å². The number of hydrogen-bond acceptors (Lipinski definition) is 10. The van der Waals surface area contributed by atoms with Gasteiger partial charge in [0.1, 0.15) is 36.6 Å². The van der Waals surface area contributed by atoms with Crippen molar-refractivity contribution in [2.24, 2.45) is 0 Å². The molecule has 1 aliphatic carbocycles. The molecule has 4 aliphatic rings. The molecule has 2 amide bonds. The summed E-state index contributed by atoms with van der Waals surface area (Å²) in [7, 11) is 0. The number of carbonyl (C=O) groups is 3. The first kappa shape index (κ1) is 37.0. The molecular formula is C38H50N2O11. The third-order valence-corrected chi connectivity index (χ3v) is 9.44. The topological polar surface area (TPSA) is 151 Å². The standard InChI is InChI=1S/C38H50N2O11/c1-35(2,3)50-34(44)40(22-38-31(49-37(6,7)51-38)30-29(21-46-38)47-36(4,5)48-30)19-13-12-18-28(32(41)42)39-33(43)45-20-27-25-16-10-8-14-23(25)24-15-9-11-17-26(24)27/h8-11,14-17,27-31H,12-13,18-22H2,1-7H3,(H,39,43)(H,41,42)/t28-,29+,30+,31-,38-/m0/s1. The second-order valence-electron chi connectivity index (χ2n) is 15.6. The van der Waals surface area contributed by atoms with Gasteiger partial charge >= 0.3 is 18.2 Å². The molecule has 13 heteroatoms. The zero-order valence-corrected chi connectivity index (χ0v) is 30.4. The maximum Gasteiger partial charge on any atom is 0.410 e. The number of alkyl carbamates (subject to hydrolysis) is 1. The Bertz CT molecular complexity index is 1580. The Morgan fingerprint density at radius 1 is 0.941 bits per heavy atom. The Kier molecular flexibility index (Phi) is 10.2. The summed E-state index contributed by atoms with van der Waals surface area (Å²) in [5.74, 6) is -4.57. The molecule has 51 heavy (non-hydrogen) atoms. The van der Waals surface area contributed by atoms with Crippen molar-refractivity contribution in [2.45, 2.75) is 121 Å². The minimum Gasteiger partial charge on any atom is -0.480 e. The zero-order valence-electron chi connectivity index (χ0n) is 30.4. The van der Waals surface area contributed by atoms with E-state index in [0.717, 1.165) is 22.3 Å². The van der Waals surface area contributed by atoms with E-state index in [2.05, 4.69) is 5.32 Å². The highest BCUT2D eigenvalue weighted by Crippen LogP contribution is 2.48. The van der Waals surface area contributed by atoms with Gasteiger partial charge in [-0.15, -0.1) is 0 Å². The highest BCUT2D eigenvalue weighted by molar-refractivity contribution is 5.81. The summed E-state index contributed by atoms with van der Waals surface area (Å²) in [5, 5.41) is 12.5. The lowest BCUT2D eigenvalue weighted by molar-refractivity contribution is -0.285. The van der Waals surface area contributed by atoms with E-state index in [9.17, 15) is 19.5 Å². The fourth-order valence-electron chi connectivity index (χ4n) is 7.48. The highest BCUT2D eigenvalue weighted by atomic mass is 16.9. The molecule has 6 rings (SSSR count). The smallest absolute Gasteiger partial charge is 0.410 e. The van der Waals surface area contributed by atoms with Crippen LogP contribution in [-0.2, 0) is 38.0 Å². The number of aliphatic carboxylic acids is 1. The Balaban J connectivity index is 1.07. The summed E-state index contributed by atoms with van der Waals surface area (Å²) in [5.41, 5.74) is 3.55. The van der Waals surface area contributed by atoms with Crippen LogP contribution in [0.2, 0.25) is 0 Å². The molecule has 2 aromatic carbocycles. The van der Waals surface area contributed by atoms with E-state index in [-0.39, 0.29) is 44.7 Å². The van der Waals surface area contributed by atoms with Gasteiger partial charge in [0.05, 0.1) is 13.2 Å². The van der Waals surface area contributed by atoms with Crippen LogP contribution in [0.3, 0.4) is 0 Å². The Morgan fingerprint density at radius 3 is 2.22 bits per heavy atom. The molecule has 0 saturated carbocycles. The largest absolute Gasteiger partial charge is 0.480 e. The fraction of sp³-hybridized carbons (Fsp3) is 0.605. The Morgan fingerprint density at radius 2 is 1.59 bits per heavy atom. The molecule has 0 aromatic heterocycles. The number of carbonyl (C=O) groups excluding carboxylic acids is 2. The molecule has 278 valence electrons. The van der Waals surface area contributed by atoms with Gasteiger partial charge in [0, 0.05) is 12.5 Å². The number of nitrogens with zero attached hydrogens (tertiary/aromatic N) is 1. The Labute approximate surface area is 298 Å². The van der Waals surface area contributed by atoms with Crippen molar-refractivity contribution in [3.8, 4) is 11.1 Å². The highest BCUT2D eigenvalue weighted by Gasteiger charge is 2.66. The van der Waals surface area contributed by atoms with E-state index in [4.69, 9.17) is 33.2 Å². The van der Waals surface area contributed by atoms with Crippen molar-refractivity contribution in [1.29, 1.82) is 0 Å². The predicted molar refractivity (Wildman–Crippen MR) is 184 cm³/mol. The number of benzene rings is 2. The summed E-state index contributed by atoms with van der Waals surface area (Å²) >= 11 is 0. The molecule has 0 unspecified atom stereocenters.